The number of phenols is 1. The average molecular weight is 293 g/mol. The lowest BCUT2D eigenvalue weighted by molar-refractivity contribution is -0.0667. The Labute approximate surface area is 125 Å². The van der Waals surface area contributed by atoms with Gasteiger partial charge >= 0.3 is 0 Å². The van der Waals surface area contributed by atoms with Crippen LogP contribution in [0.4, 0.5) is 4.39 Å². The maximum absolute atomic E-state index is 13.3. The van der Waals surface area contributed by atoms with Crippen LogP contribution in [0.15, 0.2) is 23.2 Å². The summed E-state index contributed by atoms with van der Waals surface area (Å²) in [4.78, 5) is 6.54. The van der Waals surface area contributed by atoms with Crippen molar-refractivity contribution in [3.05, 3.63) is 29.6 Å². The highest BCUT2D eigenvalue weighted by molar-refractivity contribution is 5.82. The van der Waals surface area contributed by atoms with E-state index >= 15 is 0 Å². The molecule has 0 saturated carbocycles. The minimum Gasteiger partial charge on any atom is -0.505 e. The Hall–Kier alpha value is -1.78. The Morgan fingerprint density at radius 2 is 2.05 bits per heavy atom. The molecule has 0 bridgehead atoms. The highest BCUT2D eigenvalue weighted by Crippen LogP contribution is 2.46. The summed E-state index contributed by atoms with van der Waals surface area (Å²) in [7, 11) is 1.75. The Morgan fingerprint density at radius 1 is 1.38 bits per heavy atom. The molecule has 1 aromatic carbocycles. The quantitative estimate of drug-likeness (QED) is 0.651. The molecule has 1 saturated heterocycles. The summed E-state index contributed by atoms with van der Waals surface area (Å²) >= 11 is 0. The van der Waals surface area contributed by atoms with Crippen molar-refractivity contribution in [3.63, 3.8) is 0 Å². The summed E-state index contributed by atoms with van der Waals surface area (Å²) in [6, 6.07) is 4.40. The SMILES string of the molecule is CN=C(NCc1ccc(O)c(F)c1)N1CC(C)(C)C1(C)C. The van der Waals surface area contributed by atoms with Gasteiger partial charge < -0.3 is 15.3 Å². The Balaban J connectivity index is 2.03. The molecule has 1 fully saturated rings. The Bertz CT molecular complexity index is 567. The van der Waals surface area contributed by atoms with Gasteiger partial charge in [-0.15, -0.1) is 0 Å². The number of rotatable bonds is 2. The molecular weight excluding hydrogens is 269 g/mol. The van der Waals surface area contributed by atoms with Crippen molar-refractivity contribution in [1.82, 2.24) is 10.2 Å². The molecule has 21 heavy (non-hydrogen) atoms. The minimum atomic E-state index is -0.602. The van der Waals surface area contributed by atoms with Gasteiger partial charge in [0.1, 0.15) is 0 Å². The number of nitrogens with one attached hydrogen (secondary N) is 1. The van der Waals surface area contributed by atoms with Crippen LogP contribution in [0.25, 0.3) is 0 Å². The van der Waals surface area contributed by atoms with Gasteiger partial charge in [-0.3, -0.25) is 4.99 Å². The number of halogens is 1. The lowest BCUT2D eigenvalue weighted by atomic mass is 9.65. The molecule has 1 aliphatic heterocycles. The van der Waals surface area contributed by atoms with Crippen molar-refractivity contribution in [3.8, 4) is 5.75 Å². The molecule has 0 radical (unpaired) electrons. The van der Waals surface area contributed by atoms with Crippen molar-refractivity contribution < 1.29 is 9.50 Å². The molecule has 2 N–H and O–H groups in total. The zero-order valence-electron chi connectivity index (χ0n) is 13.4. The average Bonchev–Trinajstić information content (AvgIpc) is 2.42. The second-order valence-corrected chi connectivity index (χ2v) is 6.72. The van der Waals surface area contributed by atoms with Crippen LogP contribution in [-0.2, 0) is 6.54 Å². The monoisotopic (exact) mass is 293 g/mol. The van der Waals surface area contributed by atoms with E-state index in [1.165, 1.54) is 12.1 Å². The Morgan fingerprint density at radius 3 is 2.52 bits per heavy atom. The fourth-order valence-electron chi connectivity index (χ4n) is 2.54. The van der Waals surface area contributed by atoms with Gasteiger partial charge in [0.2, 0.25) is 0 Å². The standard InChI is InChI=1S/C16H24FN3O/c1-15(2)10-20(16(15,3)4)14(18-5)19-9-11-6-7-13(21)12(17)8-11/h6-8,21H,9-10H2,1-5H3,(H,18,19). The maximum Gasteiger partial charge on any atom is 0.194 e. The molecule has 116 valence electrons. The van der Waals surface area contributed by atoms with Crippen molar-refractivity contribution in [1.29, 1.82) is 0 Å². The van der Waals surface area contributed by atoms with Crippen LogP contribution < -0.4 is 5.32 Å². The number of likely N-dealkylation sites (tertiary alicyclic amines) is 1. The van der Waals surface area contributed by atoms with Crippen LogP contribution in [0, 0.1) is 11.2 Å². The normalized spacial score (nSPS) is 20.1. The van der Waals surface area contributed by atoms with Gasteiger partial charge in [0.05, 0.1) is 0 Å². The van der Waals surface area contributed by atoms with Crippen LogP contribution in [0.5, 0.6) is 5.75 Å². The van der Waals surface area contributed by atoms with E-state index in [9.17, 15) is 9.50 Å². The number of guanidine groups is 1. The predicted octanol–water partition coefficient (Wildman–Crippen LogP) is 2.73. The van der Waals surface area contributed by atoms with E-state index < -0.39 is 5.82 Å². The van der Waals surface area contributed by atoms with E-state index in [2.05, 4.69) is 42.9 Å². The number of aromatic hydroxyl groups is 1. The first kappa shape index (κ1) is 15.6. The summed E-state index contributed by atoms with van der Waals surface area (Å²) < 4.78 is 13.3. The van der Waals surface area contributed by atoms with E-state index in [0.29, 0.717) is 6.54 Å². The summed E-state index contributed by atoms with van der Waals surface area (Å²) in [6.45, 7) is 10.3. The number of hydrogen-bond donors (Lipinski definition) is 2. The van der Waals surface area contributed by atoms with Crippen LogP contribution >= 0.6 is 0 Å². The summed E-state index contributed by atoms with van der Waals surface area (Å²) in [5, 5.41) is 12.5. The van der Waals surface area contributed by atoms with Gasteiger partial charge in [0, 0.05) is 31.1 Å². The summed E-state index contributed by atoms with van der Waals surface area (Å²) in [5.74, 6) is -0.115. The summed E-state index contributed by atoms with van der Waals surface area (Å²) in [6.07, 6.45) is 0. The molecule has 1 aliphatic rings. The highest BCUT2D eigenvalue weighted by atomic mass is 19.1. The van der Waals surface area contributed by atoms with Gasteiger partial charge in [-0.05, 0) is 31.5 Å². The van der Waals surface area contributed by atoms with E-state index in [-0.39, 0.29) is 16.7 Å². The molecule has 0 unspecified atom stereocenters. The molecule has 0 aliphatic carbocycles. The zero-order valence-corrected chi connectivity index (χ0v) is 13.4. The van der Waals surface area contributed by atoms with Gasteiger partial charge in [-0.25, -0.2) is 4.39 Å². The first-order valence-corrected chi connectivity index (χ1v) is 7.15. The maximum atomic E-state index is 13.3. The molecule has 4 nitrogen and oxygen atoms in total. The third-order valence-corrected chi connectivity index (χ3v) is 4.81. The topological polar surface area (TPSA) is 47.9 Å². The second-order valence-electron chi connectivity index (χ2n) is 6.72. The van der Waals surface area contributed by atoms with Crippen LogP contribution in [0.2, 0.25) is 0 Å². The fraction of sp³-hybridized carbons (Fsp3) is 0.562. The number of hydrogen-bond acceptors (Lipinski definition) is 2. The molecule has 0 amide bonds. The zero-order chi connectivity index (χ0) is 15.8. The first-order valence-electron chi connectivity index (χ1n) is 7.15. The van der Waals surface area contributed by atoms with Crippen LogP contribution in [-0.4, -0.2) is 35.1 Å². The number of benzene rings is 1. The van der Waals surface area contributed by atoms with Crippen molar-refractivity contribution in [2.45, 2.75) is 39.8 Å². The largest absolute Gasteiger partial charge is 0.505 e. The predicted molar refractivity (Wildman–Crippen MR) is 82.8 cm³/mol. The van der Waals surface area contributed by atoms with Gasteiger partial charge in [0.15, 0.2) is 17.5 Å². The molecule has 1 aromatic rings. The molecule has 5 heteroatoms. The second kappa shape index (κ2) is 5.20. The van der Waals surface area contributed by atoms with Gasteiger partial charge in [-0.1, -0.05) is 19.9 Å². The number of phenolic OH excluding ortho intramolecular Hbond substituents is 1. The van der Waals surface area contributed by atoms with E-state index in [4.69, 9.17) is 0 Å². The molecular formula is C16H24FN3O. The van der Waals surface area contributed by atoms with E-state index in [0.717, 1.165) is 18.1 Å². The van der Waals surface area contributed by atoms with Crippen molar-refractivity contribution in [2.24, 2.45) is 10.4 Å². The van der Waals surface area contributed by atoms with E-state index in [1.807, 2.05) is 0 Å². The molecule has 2 rings (SSSR count). The smallest absolute Gasteiger partial charge is 0.194 e. The molecule has 0 aromatic heterocycles. The first-order chi connectivity index (χ1) is 9.69. The molecule has 0 spiro atoms. The Kier molecular flexibility index (Phi) is 3.87. The number of aliphatic imine (C=N–C) groups is 1. The van der Waals surface area contributed by atoms with Gasteiger partial charge in [0.25, 0.3) is 0 Å². The summed E-state index contributed by atoms with van der Waals surface area (Å²) in [5.41, 5.74) is 1.02. The number of nitrogens with zero attached hydrogens (tertiary/aromatic N) is 2. The lowest BCUT2D eigenvalue weighted by Gasteiger charge is -2.62. The van der Waals surface area contributed by atoms with Crippen molar-refractivity contribution in [2.75, 3.05) is 13.6 Å². The lowest BCUT2D eigenvalue weighted by Crippen LogP contribution is -2.72. The van der Waals surface area contributed by atoms with E-state index in [1.54, 1.807) is 13.1 Å². The van der Waals surface area contributed by atoms with Gasteiger partial charge in [-0.2, -0.15) is 0 Å². The van der Waals surface area contributed by atoms with Crippen LogP contribution in [0.1, 0.15) is 33.3 Å². The van der Waals surface area contributed by atoms with Crippen molar-refractivity contribution >= 4 is 5.96 Å². The third-order valence-electron chi connectivity index (χ3n) is 4.81. The molecule has 0 atom stereocenters. The highest BCUT2D eigenvalue weighted by Gasteiger charge is 2.53. The fourth-order valence-corrected chi connectivity index (χ4v) is 2.54. The molecule has 1 heterocycles. The minimum absolute atomic E-state index is 0.0229. The van der Waals surface area contributed by atoms with Crippen LogP contribution in [0.3, 0.4) is 0 Å². The third kappa shape index (κ3) is 2.69.